The monoisotopic (exact) mass is 543 g/mol. The summed E-state index contributed by atoms with van der Waals surface area (Å²) < 4.78 is 33.0. The maximum atomic E-state index is 13.8. The predicted molar refractivity (Wildman–Crippen MR) is 138 cm³/mol. The number of carbonyl (C=O) groups excluding carboxylic acids is 1. The summed E-state index contributed by atoms with van der Waals surface area (Å²) in [6.07, 6.45) is 0.161. The van der Waals surface area contributed by atoms with Gasteiger partial charge < -0.3 is 30.6 Å². The summed E-state index contributed by atoms with van der Waals surface area (Å²) in [5.41, 5.74) is 2.95. The number of halogens is 2. The van der Waals surface area contributed by atoms with Crippen LogP contribution in [0.1, 0.15) is 12.5 Å². The van der Waals surface area contributed by atoms with Crippen LogP contribution in [0.4, 0.5) is 25.0 Å². The van der Waals surface area contributed by atoms with Gasteiger partial charge in [-0.2, -0.15) is 5.10 Å². The highest BCUT2D eigenvalue weighted by Gasteiger charge is 2.17. The van der Waals surface area contributed by atoms with Crippen molar-refractivity contribution in [2.24, 2.45) is 0 Å². The van der Waals surface area contributed by atoms with Crippen molar-refractivity contribution < 1.29 is 33.3 Å². The number of imidazole rings is 1. The maximum absolute atomic E-state index is 13.8. The van der Waals surface area contributed by atoms with Crippen LogP contribution in [-0.2, 0) is 16.1 Å². The van der Waals surface area contributed by atoms with Gasteiger partial charge in [-0.15, -0.1) is 0 Å². The largest absolute Gasteiger partial charge is 0.479 e. The zero-order valence-corrected chi connectivity index (χ0v) is 20.9. The summed E-state index contributed by atoms with van der Waals surface area (Å²) in [6, 6.07) is 8.53. The van der Waals surface area contributed by atoms with E-state index < -0.39 is 35.4 Å². The number of ether oxygens (including phenoxy) is 1. The van der Waals surface area contributed by atoms with Gasteiger partial charge in [0, 0.05) is 19.6 Å². The number of urea groups is 1. The number of para-hydroxylation sites is 1. The number of rotatable bonds is 6. The number of aliphatic hydroxyl groups is 1. The fourth-order valence-corrected chi connectivity index (χ4v) is 3.74. The molecule has 1 aliphatic heterocycles. The lowest BCUT2D eigenvalue weighted by atomic mass is 10.2. The van der Waals surface area contributed by atoms with Crippen molar-refractivity contribution in [3.63, 3.8) is 0 Å². The second kappa shape index (κ2) is 12.4. The highest BCUT2D eigenvalue weighted by molar-refractivity contribution is 6.01. The third-order valence-corrected chi connectivity index (χ3v) is 5.74. The summed E-state index contributed by atoms with van der Waals surface area (Å²) in [7, 11) is 0. The first-order valence-electron chi connectivity index (χ1n) is 12.0. The molecule has 0 radical (unpaired) electrons. The number of aliphatic carboxylic acids is 1. The average molecular weight is 544 g/mol. The molecule has 0 spiro atoms. The minimum atomic E-state index is -1.23. The number of aliphatic hydroxyl groups excluding tert-OH is 1. The van der Waals surface area contributed by atoms with Crippen molar-refractivity contribution in [1.82, 2.24) is 25.1 Å². The topological polar surface area (TPSA) is 168 Å². The number of anilines is 2. The Balaban J connectivity index is 0.000000531. The number of carboxylic acids is 1. The number of nitrogens with one attached hydrogen (secondary N) is 4. The Morgan fingerprint density at radius 1 is 1.15 bits per heavy atom. The number of amides is 2. The number of benzene rings is 2. The van der Waals surface area contributed by atoms with Crippen molar-refractivity contribution in [2.75, 3.05) is 36.9 Å². The molecular weight excluding hydrogens is 516 g/mol. The first-order chi connectivity index (χ1) is 18.7. The molecule has 6 N–H and O–H groups in total. The molecule has 1 aliphatic rings. The highest BCUT2D eigenvalue weighted by Crippen LogP contribution is 2.27. The highest BCUT2D eigenvalue weighted by atomic mass is 19.1. The second-order valence-corrected chi connectivity index (χ2v) is 8.67. The lowest BCUT2D eigenvalue weighted by Crippen LogP contribution is -2.35. The summed E-state index contributed by atoms with van der Waals surface area (Å²) in [5.74, 6) is -2.46. The van der Waals surface area contributed by atoms with Crippen LogP contribution in [0.3, 0.4) is 0 Å². The third-order valence-electron chi connectivity index (χ3n) is 5.74. The normalized spacial score (nSPS) is 14.4. The van der Waals surface area contributed by atoms with Crippen molar-refractivity contribution in [2.45, 2.75) is 19.6 Å². The standard InChI is InChI=1S/C22H21F2N7O2.C3H6O3/c23-14-2-1-3-15(24)19(14)29-22(32)28-18-11-25-30-20(18)21-26-16-5-4-13(10-17(16)27-21)12-31-6-8-33-9-7-31;1-2(4)3(5)6/h1-5,10-11H,6-9,12H2,(H,25,30)(H,26,27)(H2,28,29,32);2,4H,1H3,(H,5,6)/t;2-/m.1/s1. The number of carbonyl (C=O) groups is 2. The van der Waals surface area contributed by atoms with Crippen molar-refractivity contribution in [1.29, 1.82) is 0 Å². The lowest BCUT2D eigenvalue weighted by molar-refractivity contribution is -0.145. The summed E-state index contributed by atoms with van der Waals surface area (Å²) in [6.45, 7) is 5.29. The van der Waals surface area contributed by atoms with Gasteiger partial charge in [0.25, 0.3) is 0 Å². The molecule has 1 atom stereocenters. The van der Waals surface area contributed by atoms with E-state index in [0.717, 1.165) is 61.6 Å². The number of fused-ring (bicyclic) bond motifs is 1. The molecule has 0 bridgehead atoms. The molecule has 3 heterocycles. The van der Waals surface area contributed by atoms with Crippen LogP contribution in [-0.4, -0.2) is 79.7 Å². The van der Waals surface area contributed by atoms with Gasteiger partial charge in [0.15, 0.2) is 5.82 Å². The molecule has 14 heteroatoms. The minimum Gasteiger partial charge on any atom is -0.479 e. The molecule has 2 aromatic carbocycles. The molecule has 2 aromatic heterocycles. The van der Waals surface area contributed by atoms with Gasteiger partial charge in [-0.3, -0.25) is 10.00 Å². The average Bonchev–Trinajstić information content (AvgIpc) is 3.53. The van der Waals surface area contributed by atoms with E-state index >= 15 is 0 Å². The Kier molecular flexibility index (Phi) is 8.81. The minimum absolute atomic E-state index is 0.303. The SMILES string of the molecule is C[C@@H](O)C(=O)O.O=C(Nc1cn[nH]c1-c1nc2ccc(CN3CCOCC3)cc2[nH]1)Nc1c(F)cccc1F. The van der Waals surface area contributed by atoms with E-state index in [4.69, 9.17) is 14.9 Å². The Bertz CT molecular complexity index is 1430. The number of morpholine rings is 1. The first-order valence-corrected chi connectivity index (χ1v) is 12.0. The van der Waals surface area contributed by atoms with Gasteiger partial charge in [0.05, 0.1) is 36.1 Å². The number of aromatic nitrogens is 4. The molecule has 12 nitrogen and oxygen atoms in total. The van der Waals surface area contributed by atoms with Gasteiger partial charge in [-0.25, -0.2) is 23.4 Å². The number of H-pyrrole nitrogens is 2. The van der Waals surface area contributed by atoms with E-state index in [2.05, 4.69) is 35.7 Å². The van der Waals surface area contributed by atoms with Crippen LogP contribution in [0, 0.1) is 11.6 Å². The van der Waals surface area contributed by atoms with Crippen molar-refractivity contribution in [3.05, 3.63) is 59.8 Å². The van der Waals surface area contributed by atoms with Gasteiger partial charge in [0.2, 0.25) is 0 Å². The molecule has 0 saturated carbocycles. The fourth-order valence-electron chi connectivity index (χ4n) is 3.74. The van der Waals surface area contributed by atoms with Crippen molar-refractivity contribution in [3.8, 4) is 11.5 Å². The quantitative estimate of drug-likeness (QED) is 0.216. The van der Waals surface area contributed by atoms with E-state index in [1.807, 2.05) is 18.2 Å². The molecule has 1 saturated heterocycles. The third kappa shape index (κ3) is 7.13. The maximum Gasteiger partial charge on any atom is 0.332 e. The predicted octanol–water partition coefficient (Wildman–Crippen LogP) is 3.16. The zero-order valence-electron chi connectivity index (χ0n) is 20.9. The summed E-state index contributed by atoms with van der Waals surface area (Å²) in [5, 5.41) is 27.3. The molecule has 39 heavy (non-hydrogen) atoms. The lowest BCUT2D eigenvalue weighted by Gasteiger charge is -2.26. The van der Waals surface area contributed by atoms with Crippen molar-refractivity contribution >= 4 is 34.4 Å². The number of carboxylic acid groups (broad SMARTS) is 1. The Morgan fingerprint density at radius 3 is 2.51 bits per heavy atom. The summed E-state index contributed by atoms with van der Waals surface area (Å²) in [4.78, 5) is 31.9. The number of hydrogen-bond donors (Lipinski definition) is 6. The molecule has 2 amide bonds. The van der Waals surface area contributed by atoms with E-state index in [9.17, 15) is 18.4 Å². The second-order valence-electron chi connectivity index (χ2n) is 8.67. The van der Waals surface area contributed by atoms with Crippen LogP contribution >= 0.6 is 0 Å². The molecule has 0 aliphatic carbocycles. The van der Waals surface area contributed by atoms with E-state index in [1.54, 1.807) is 0 Å². The van der Waals surface area contributed by atoms with Gasteiger partial charge in [-0.1, -0.05) is 12.1 Å². The Morgan fingerprint density at radius 2 is 1.85 bits per heavy atom. The number of hydrogen-bond acceptors (Lipinski definition) is 7. The molecular formula is C25H27F2N7O5. The first kappa shape index (κ1) is 27.6. The van der Waals surface area contributed by atoms with Crippen LogP contribution in [0.25, 0.3) is 22.6 Å². The van der Waals surface area contributed by atoms with Crippen LogP contribution in [0.5, 0.6) is 0 Å². The Hall–Kier alpha value is -4.40. The van der Waals surface area contributed by atoms with Crippen LogP contribution < -0.4 is 10.6 Å². The van der Waals surface area contributed by atoms with Gasteiger partial charge in [-0.05, 0) is 36.8 Å². The fraction of sp³-hybridized carbons (Fsp3) is 0.280. The Labute approximate surface area is 221 Å². The van der Waals surface area contributed by atoms with Gasteiger partial charge in [0.1, 0.15) is 29.1 Å². The smallest absolute Gasteiger partial charge is 0.332 e. The van der Waals surface area contributed by atoms with E-state index in [-0.39, 0.29) is 0 Å². The van der Waals surface area contributed by atoms with E-state index in [1.165, 1.54) is 19.2 Å². The van der Waals surface area contributed by atoms with Gasteiger partial charge >= 0.3 is 12.0 Å². The van der Waals surface area contributed by atoms with Crippen LogP contribution in [0.15, 0.2) is 42.6 Å². The molecule has 0 unspecified atom stereocenters. The zero-order chi connectivity index (χ0) is 27.9. The number of nitrogens with zero attached hydrogens (tertiary/aromatic N) is 3. The summed E-state index contributed by atoms with van der Waals surface area (Å²) >= 11 is 0. The molecule has 206 valence electrons. The molecule has 1 fully saturated rings. The molecule has 4 aromatic rings. The van der Waals surface area contributed by atoms with E-state index in [0.29, 0.717) is 17.2 Å². The van der Waals surface area contributed by atoms with Crippen LogP contribution in [0.2, 0.25) is 0 Å². The molecule has 5 rings (SSSR count). The number of aromatic amines is 2.